The highest BCUT2D eigenvalue weighted by Crippen LogP contribution is 2.35. The Bertz CT molecular complexity index is 171. The lowest BCUT2D eigenvalue weighted by Gasteiger charge is -2.48. The van der Waals surface area contributed by atoms with Crippen LogP contribution in [-0.2, 0) is 0 Å². The van der Waals surface area contributed by atoms with Gasteiger partial charge in [0.05, 0.1) is 0 Å². The van der Waals surface area contributed by atoms with Gasteiger partial charge in [-0.1, -0.05) is 13.8 Å². The van der Waals surface area contributed by atoms with Crippen molar-refractivity contribution in [2.24, 2.45) is 5.92 Å². The Morgan fingerprint density at radius 3 is 2.07 bits per heavy atom. The third kappa shape index (κ3) is 2.48. The van der Waals surface area contributed by atoms with Gasteiger partial charge in [0, 0.05) is 18.1 Å². The average molecular weight is 198 g/mol. The van der Waals surface area contributed by atoms with Crippen molar-refractivity contribution in [3.8, 4) is 0 Å². The van der Waals surface area contributed by atoms with Crippen LogP contribution in [0.15, 0.2) is 0 Å². The molecule has 0 bridgehead atoms. The summed E-state index contributed by atoms with van der Waals surface area (Å²) in [6.07, 6.45) is 4.12. The smallest absolute Gasteiger partial charge is 0.0328 e. The molecule has 84 valence electrons. The Balaban J connectivity index is 2.35. The molecule has 0 spiro atoms. The summed E-state index contributed by atoms with van der Waals surface area (Å²) in [4.78, 5) is 2.40. The Morgan fingerprint density at radius 1 is 1.21 bits per heavy atom. The zero-order chi connectivity index (χ0) is 10.8. The van der Waals surface area contributed by atoms with Crippen molar-refractivity contribution in [3.05, 3.63) is 0 Å². The van der Waals surface area contributed by atoms with E-state index in [0.717, 1.165) is 12.5 Å². The van der Waals surface area contributed by atoms with Gasteiger partial charge >= 0.3 is 0 Å². The summed E-state index contributed by atoms with van der Waals surface area (Å²) >= 11 is 0. The van der Waals surface area contributed by atoms with Crippen LogP contribution in [0.1, 0.15) is 40.0 Å². The summed E-state index contributed by atoms with van der Waals surface area (Å²) in [6.45, 7) is 7.99. The molecule has 1 aliphatic rings. The lowest BCUT2D eigenvalue weighted by atomic mass is 9.75. The van der Waals surface area contributed by atoms with E-state index in [1.165, 1.54) is 19.3 Å². The van der Waals surface area contributed by atoms with Crippen LogP contribution in [0.4, 0.5) is 0 Å². The number of nitrogens with one attached hydrogen (secondary N) is 1. The van der Waals surface area contributed by atoms with Gasteiger partial charge in [-0.25, -0.2) is 0 Å². The molecule has 0 aromatic carbocycles. The van der Waals surface area contributed by atoms with Crippen LogP contribution in [0.5, 0.6) is 0 Å². The molecular weight excluding hydrogens is 172 g/mol. The van der Waals surface area contributed by atoms with Crippen LogP contribution < -0.4 is 5.32 Å². The van der Waals surface area contributed by atoms with Crippen molar-refractivity contribution in [1.82, 2.24) is 10.2 Å². The summed E-state index contributed by atoms with van der Waals surface area (Å²) in [7, 11) is 4.42. The van der Waals surface area contributed by atoms with Crippen LogP contribution >= 0.6 is 0 Å². The van der Waals surface area contributed by atoms with Gasteiger partial charge in [0.2, 0.25) is 0 Å². The zero-order valence-electron chi connectivity index (χ0n) is 10.4. The molecule has 0 aromatic heterocycles. The molecule has 1 rings (SSSR count). The van der Waals surface area contributed by atoms with E-state index in [4.69, 9.17) is 0 Å². The average Bonchev–Trinajstić information content (AvgIpc) is 2.00. The number of rotatable bonds is 5. The first-order valence-electron chi connectivity index (χ1n) is 5.89. The summed E-state index contributed by atoms with van der Waals surface area (Å²) in [5.74, 6) is 0.731. The summed E-state index contributed by atoms with van der Waals surface area (Å²) in [5.41, 5.74) is 0.461. The number of likely N-dealkylation sites (N-methyl/N-ethyl adjacent to an activating group) is 1. The van der Waals surface area contributed by atoms with E-state index in [1.807, 2.05) is 0 Å². The highest BCUT2D eigenvalue weighted by Gasteiger charge is 2.38. The molecule has 2 heteroatoms. The van der Waals surface area contributed by atoms with Gasteiger partial charge in [0.25, 0.3) is 0 Å². The SMILES string of the molecule is CC(C)C(C)NCC1(N(C)C)CCC1. The summed E-state index contributed by atoms with van der Waals surface area (Å²) < 4.78 is 0. The minimum atomic E-state index is 0.461. The van der Waals surface area contributed by atoms with Gasteiger partial charge < -0.3 is 10.2 Å². The normalized spacial score (nSPS) is 22.5. The van der Waals surface area contributed by atoms with E-state index in [1.54, 1.807) is 0 Å². The van der Waals surface area contributed by atoms with Gasteiger partial charge in [-0.2, -0.15) is 0 Å². The largest absolute Gasteiger partial charge is 0.312 e. The Labute approximate surface area is 89.1 Å². The highest BCUT2D eigenvalue weighted by molar-refractivity contribution is 4.98. The number of hydrogen-bond donors (Lipinski definition) is 1. The first kappa shape index (κ1) is 12.0. The standard InChI is InChI=1S/C12H26N2/c1-10(2)11(3)13-9-12(14(4)5)7-6-8-12/h10-11,13H,6-9H2,1-5H3. The van der Waals surface area contributed by atoms with E-state index in [-0.39, 0.29) is 0 Å². The van der Waals surface area contributed by atoms with E-state index >= 15 is 0 Å². The maximum absolute atomic E-state index is 3.66. The maximum Gasteiger partial charge on any atom is 0.0328 e. The van der Waals surface area contributed by atoms with E-state index in [9.17, 15) is 0 Å². The molecule has 1 unspecified atom stereocenters. The van der Waals surface area contributed by atoms with Crippen LogP contribution in [0.3, 0.4) is 0 Å². The first-order valence-corrected chi connectivity index (χ1v) is 5.89. The minimum Gasteiger partial charge on any atom is -0.312 e. The van der Waals surface area contributed by atoms with Crippen LogP contribution in [-0.4, -0.2) is 37.1 Å². The number of hydrogen-bond acceptors (Lipinski definition) is 2. The van der Waals surface area contributed by atoms with Crippen LogP contribution in [0.2, 0.25) is 0 Å². The second kappa shape index (κ2) is 4.63. The zero-order valence-corrected chi connectivity index (χ0v) is 10.4. The molecule has 1 fully saturated rings. The van der Waals surface area contributed by atoms with Gasteiger partial charge in [0.15, 0.2) is 0 Å². The van der Waals surface area contributed by atoms with E-state index in [0.29, 0.717) is 11.6 Å². The number of nitrogens with zero attached hydrogens (tertiary/aromatic N) is 1. The molecule has 0 saturated heterocycles. The molecule has 1 atom stereocenters. The molecule has 14 heavy (non-hydrogen) atoms. The molecule has 0 heterocycles. The van der Waals surface area contributed by atoms with Crippen molar-refractivity contribution in [2.45, 2.75) is 51.6 Å². The molecule has 1 aliphatic carbocycles. The van der Waals surface area contributed by atoms with Gasteiger partial charge in [0.1, 0.15) is 0 Å². The fourth-order valence-electron chi connectivity index (χ4n) is 1.95. The second-order valence-corrected chi connectivity index (χ2v) is 5.39. The molecule has 2 nitrogen and oxygen atoms in total. The molecule has 0 radical (unpaired) electrons. The molecule has 0 amide bonds. The lowest BCUT2D eigenvalue weighted by Crippen LogP contribution is -2.57. The third-order valence-corrected chi connectivity index (χ3v) is 3.99. The Morgan fingerprint density at radius 2 is 1.79 bits per heavy atom. The van der Waals surface area contributed by atoms with Gasteiger partial charge in [-0.15, -0.1) is 0 Å². The summed E-state index contributed by atoms with van der Waals surface area (Å²) in [6, 6.07) is 0.632. The van der Waals surface area contributed by atoms with Crippen molar-refractivity contribution in [1.29, 1.82) is 0 Å². The highest BCUT2D eigenvalue weighted by atomic mass is 15.2. The Hall–Kier alpha value is -0.0800. The van der Waals surface area contributed by atoms with Crippen LogP contribution in [0, 0.1) is 5.92 Å². The Kier molecular flexibility index (Phi) is 3.96. The van der Waals surface area contributed by atoms with Crippen molar-refractivity contribution in [2.75, 3.05) is 20.6 Å². The monoisotopic (exact) mass is 198 g/mol. The predicted octanol–water partition coefficient (Wildman–Crippen LogP) is 2.10. The molecule has 0 aromatic rings. The fourth-order valence-corrected chi connectivity index (χ4v) is 1.95. The second-order valence-electron chi connectivity index (χ2n) is 5.39. The van der Waals surface area contributed by atoms with Gasteiger partial charge in [-0.3, -0.25) is 0 Å². The van der Waals surface area contributed by atoms with Crippen molar-refractivity contribution < 1.29 is 0 Å². The quantitative estimate of drug-likeness (QED) is 0.728. The van der Waals surface area contributed by atoms with E-state index < -0.39 is 0 Å². The van der Waals surface area contributed by atoms with Gasteiger partial charge in [-0.05, 0) is 46.2 Å². The molecule has 0 aliphatic heterocycles. The maximum atomic E-state index is 3.66. The van der Waals surface area contributed by atoms with Crippen molar-refractivity contribution >= 4 is 0 Å². The predicted molar refractivity (Wildman–Crippen MR) is 62.6 cm³/mol. The molecule has 1 N–H and O–H groups in total. The van der Waals surface area contributed by atoms with Crippen LogP contribution in [0.25, 0.3) is 0 Å². The first-order chi connectivity index (χ1) is 6.48. The minimum absolute atomic E-state index is 0.461. The third-order valence-electron chi connectivity index (χ3n) is 3.99. The molecular formula is C12H26N2. The van der Waals surface area contributed by atoms with Crippen molar-refractivity contribution in [3.63, 3.8) is 0 Å². The molecule has 1 saturated carbocycles. The topological polar surface area (TPSA) is 15.3 Å². The van der Waals surface area contributed by atoms with E-state index in [2.05, 4.69) is 45.1 Å². The lowest BCUT2D eigenvalue weighted by molar-refractivity contribution is 0.0560. The summed E-state index contributed by atoms with van der Waals surface area (Å²) in [5, 5.41) is 3.66. The fraction of sp³-hybridized carbons (Fsp3) is 1.00.